The van der Waals surface area contributed by atoms with Crippen LogP contribution in [-0.2, 0) is 0 Å². The summed E-state index contributed by atoms with van der Waals surface area (Å²) in [6, 6.07) is 12.6. The first kappa shape index (κ1) is 14.6. The van der Waals surface area contributed by atoms with E-state index in [1.807, 2.05) is 31.2 Å². The smallest absolute Gasteiger partial charge is 0.131 e. The summed E-state index contributed by atoms with van der Waals surface area (Å²) in [6.07, 6.45) is 0. The molecule has 0 saturated carbocycles. The molecule has 0 atom stereocenters. The molecular formula is C15H14ClNO2S. The number of hydrogen-bond acceptors (Lipinski definition) is 3. The highest BCUT2D eigenvalue weighted by Crippen LogP contribution is 2.28. The molecule has 0 aliphatic rings. The average Bonchev–Trinajstić information content (AvgIpc) is 2.39. The molecule has 0 amide bonds. The number of ether oxygens (including phenoxy) is 2. The lowest BCUT2D eigenvalue weighted by Crippen LogP contribution is -2.09. The standard InChI is InChI=1S/C15H14ClNO2S/c1-2-18-10-4-3-5-11(8-10)19-12-6-7-13(15(17)20)14(16)9-12/h3-9H,2H2,1H3,(H2,17,20). The fraction of sp³-hybridized carbons (Fsp3) is 0.133. The van der Waals surface area contributed by atoms with Crippen molar-refractivity contribution < 1.29 is 9.47 Å². The highest BCUT2D eigenvalue weighted by Gasteiger charge is 2.06. The first-order valence-electron chi connectivity index (χ1n) is 6.10. The molecule has 0 bridgehead atoms. The van der Waals surface area contributed by atoms with Crippen LogP contribution in [0.1, 0.15) is 12.5 Å². The zero-order chi connectivity index (χ0) is 14.5. The Balaban J connectivity index is 2.19. The number of nitrogens with two attached hydrogens (primary N) is 1. The third kappa shape index (κ3) is 3.62. The lowest BCUT2D eigenvalue weighted by Gasteiger charge is -2.09. The van der Waals surface area contributed by atoms with Crippen molar-refractivity contribution in [3.63, 3.8) is 0 Å². The Hall–Kier alpha value is -1.78. The Morgan fingerprint density at radius 2 is 1.85 bits per heavy atom. The Morgan fingerprint density at radius 1 is 1.15 bits per heavy atom. The van der Waals surface area contributed by atoms with Gasteiger partial charge < -0.3 is 15.2 Å². The van der Waals surface area contributed by atoms with Crippen molar-refractivity contribution in [2.24, 2.45) is 5.73 Å². The summed E-state index contributed by atoms with van der Waals surface area (Å²) < 4.78 is 11.2. The van der Waals surface area contributed by atoms with Crippen molar-refractivity contribution in [1.82, 2.24) is 0 Å². The molecule has 0 aromatic heterocycles. The van der Waals surface area contributed by atoms with E-state index in [2.05, 4.69) is 0 Å². The van der Waals surface area contributed by atoms with E-state index < -0.39 is 0 Å². The van der Waals surface area contributed by atoms with E-state index in [-0.39, 0.29) is 4.99 Å². The number of thiocarbonyl (C=S) groups is 1. The molecule has 2 N–H and O–H groups in total. The van der Waals surface area contributed by atoms with Gasteiger partial charge in [-0.2, -0.15) is 0 Å². The molecule has 2 aromatic carbocycles. The minimum atomic E-state index is 0.264. The van der Waals surface area contributed by atoms with Crippen LogP contribution in [0.2, 0.25) is 5.02 Å². The molecule has 0 radical (unpaired) electrons. The van der Waals surface area contributed by atoms with Crippen LogP contribution in [0.25, 0.3) is 0 Å². The van der Waals surface area contributed by atoms with Crippen LogP contribution < -0.4 is 15.2 Å². The van der Waals surface area contributed by atoms with Gasteiger partial charge in [-0.15, -0.1) is 0 Å². The van der Waals surface area contributed by atoms with Gasteiger partial charge in [-0.25, -0.2) is 0 Å². The molecule has 0 aliphatic heterocycles. The molecule has 0 saturated heterocycles. The van der Waals surface area contributed by atoms with Gasteiger partial charge in [0.2, 0.25) is 0 Å². The van der Waals surface area contributed by atoms with E-state index in [9.17, 15) is 0 Å². The summed E-state index contributed by atoms with van der Waals surface area (Å²) in [6.45, 7) is 2.54. The molecule has 20 heavy (non-hydrogen) atoms. The van der Waals surface area contributed by atoms with E-state index in [4.69, 9.17) is 39.0 Å². The lowest BCUT2D eigenvalue weighted by molar-refractivity contribution is 0.338. The average molecular weight is 308 g/mol. The second-order valence-corrected chi connectivity index (χ2v) is 4.86. The van der Waals surface area contributed by atoms with Crippen LogP contribution >= 0.6 is 23.8 Å². The topological polar surface area (TPSA) is 44.5 Å². The molecular weight excluding hydrogens is 294 g/mol. The number of rotatable bonds is 5. The van der Waals surface area contributed by atoms with E-state index in [0.717, 1.165) is 5.75 Å². The molecule has 2 aromatic rings. The van der Waals surface area contributed by atoms with Crippen molar-refractivity contribution in [2.45, 2.75) is 6.92 Å². The number of halogens is 1. The fourth-order valence-corrected chi connectivity index (χ4v) is 2.20. The zero-order valence-corrected chi connectivity index (χ0v) is 12.5. The second kappa shape index (κ2) is 6.59. The third-order valence-electron chi connectivity index (χ3n) is 2.56. The van der Waals surface area contributed by atoms with Gasteiger partial charge >= 0.3 is 0 Å². The quantitative estimate of drug-likeness (QED) is 0.842. The predicted octanol–water partition coefficient (Wildman–Crippen LogP) is 4.17. The van der Waals surface area contributed by atoms with Gasteiger partial charge in [-0.3, -0.25) is 0 Å². The first-order valence-corrected chi connectivity index (χ1v) is 6.89. The van der Waals surface area contributed by atoms with Gasteiger partial charge in [-0.05, 0) is 31.2 Å². The Bertz CT molecular complexity index is 631. The molecule has 0 spiro atoms. The molecule has 3 nitrogen and oxygen atoms in total. The molecule has 0 fully saturated rings. The summed E-state index contributed by atoms with van der Waals surface area (Å²) in [4.78, 5) is 0.264. The Labute approximate surface area is 128 Å². The van der Waals surface area contributed by atoms with Gasteiger partial charge in [0.1, 0.15) is 22.2 Å². The maximum atomic E-state index is 6.10. The Kier molecular flexibility index (Phi) is 4.82. The summed E-state index contributed by atoms with van der Waals surface area (Å²) in [7, 11) is 0. The van der Waals surface area contributed by atoms with Crippen LogP contribution in [0.3, 0.4) is 0 Å². The molecule has 5 heteroatoms. The van der Waals surface area contributed by atoms with E-state index in [1.54, 1.807) is 18.2 Å². The van der Waals surface area contributed by atoms with Crippen LogP contribution in [0.4, 0.5) is 0 Å². The fourth-order valence-electron chi connectivity index (χ4n) is 1.69. The van der Waals surface area contributed by atoms with Crippen molar-refractivity contribution in [2.75, 3.05) is 6.61 Å². The largest absolute Gasteiger partial charge is 0.494 e. The zero-order valence-electron chi connectivity index (χ0n) is 10.9. The normalized spacial score (nSPS) is 10.1. The summed E-state index contributed by atoms with van der Waals surface area (Å²) in [5.74, 6) is 2.05. The van der Waals surface area contributed by atoms with Crippen molar-refractivity contribution in [3.05, 3.63) is 53.1 Å². The van der Waals surface area contributed by atoms with Gasteiger partial charge in [0, 0.05) is 17.7 Å². The highest BCUT2D eigenvalue weighted by atomic mass is 35.5. The van der Waals surface area contributed by atoms with Gasteiger partial charge in [0.15, 0.2) is 0 Å². The number of hydrogen-bond donors (Lipinski definition) is 1. The second-order valence-electron chi connectivity index (χ2n) is 4.02. The van der Waals surface area contributed by atoms with E-state index >= 15 is 0 Å². The van der Waals surface area contributed by atoms with Crippen LogP contribution in [0.15, 0.2) is 42.5 Å². The Morgan fingerprint density at radius 3 is 2.50 bits per heavy atom. The van der Waals surface area contributed by atoms with Crippen LogP contribution in [0, 0.1) is 0 Å². The van der Waals surface area contributed by atoms with E-state index in [0.29, 0.717) is 28.7 Å². The molecule has 0 aliphatic carbocycles. The summed E-state index contributed by atoms with van der Waals surface area (Å²) in [5, 5.41) is 0.468. The van der Waals surface area contributed by atoms with Gasteiger partial charge in [0.05, 0.1) is 11.6 Å². The SMILES string of the molecule is CCOc1cccc(Oc2ccc(C(N)=S)c(Cl)c2)c1. The molecule has 0 unspecified atom stereocenters. The van der Waals surface area contributed by atoms with Crippen LogP contribution in [0.5, 0.6) is 17.2 Å². The number of benzene rings is 2. The predicted molar refractivity (Wildman–Crippen MR) is 85.0 cm³/mol. The maximum absolute atomic E-state index is 6.10. The van der Waals surface area contributed by atoms with Crippen molar-refractivity contribution in [3.8, 4) is 17.2 Å². The minimum Gasteiger partial charge on any atom is -0.494 e. The van der Waals surface area contributed by atoms with Gasteiger partial charge in [-0.1, -0.05) is 29.9 Å². The maximum Gasteiger partial charge on any atom is 0.131 e. The molecule has 0 heterocycles. The molecule has 104 valence electrons. The minimum absolute atomic E-state index is 0.264. The van der Waals surface area contributed by atoms with Gasteiger partial charge in [0.25, 0.3) is 0 Å². The summed E-state index contributed by atoms with van der Waals surface area (Å²) >= 11 is 11.0. The lowest BCUT2D eigenvalue weighted by atomic mass is 10.2. The third-order valence-corrected chi connectivity index (χ3v) is 3.09. The monoisotopic (exact) mass is 307 g/mol. The van der Waals surface area contributed by atoms with Crippen LogP contribution in [-0.4, -0.2) is 11.6 Å². The summed E-state index contributed by atoms with van der Waals surface area (Å²) in [5.41, 5.74) is 6.20. The highest BCUT2D eigenvalue weighted by molar-refractivity contribution is 7.80. The van der Waals surface area contributed by atoms with E-state index in [1.165, 1.54) is 0 Å². The van der Waals surface area contributed by atoms with Crippen molar-refractivity contribution >= 4 is 28.8 Å². The molecule has 2 rings (SSSR count). The first-order chi connectivity index (χ1) is 9.60. The van der Waals surface area contributed by atoms with Crippen molar-refractivity contribution in [1.29, 1.82) is 0 Å².